The number of rotatable bonds is 7. The lowest BCUT2D eigenvalue weighted by atomic mass is 10.1. The van der Waals surface area contributed by atoms with E-state index in [2.05, 4.69) is 15.2 Å². The number of nitrogens with zero attached hydrogens (tertiary/aromatic N) is 2. The number of esters is 1. The summed E-state index contributed by atoms with van der Waals surface area (Å²) in [7, 11) is 5.61. The summed E-state index contributed by atoms with van der Waals surface area (Å²) in [6.45, 7) is 3.66. The first kappa shape index (κ1) is 17.0. The van der Waals surface area contributed by atoms with Gasteiger partial charge in [-0.15, -0.1) is 0 Å². The predicted molar refractivity (Wildman–Crippen MR) is 91.3 cm³/mol. The Morgan fingerprint density at radius 1 is 1.35 bits per heavy atom. The van der Waals surface area contributed by atoms with Crippen LogP contribution in [0.15, 0.2) is 24.4 Å². The normalized spacial score (nSPS) is 10.8. The predicted octanol–water partition coefficient (Wildman–Crippen LogP) is 2.39. The molecule has 0 spiro atoms. The standard InChI is InChI=1S/C17H23N3O3/c1-5-23-17(21)13-11-19-16-12(7-6-8-14(16)22-4)15(13)18-9-10-20(2)3/h6-8,11H,5,9-10H2,1-4H3,(H,18,19). The number of carbonyl (C=O) groups excluding carboxylic acids is 1. The monoisotopic (exact) mass is 317 g/mol. The highest BCUT2D eigenvalue weighted by atomic mass is 16.5. The zero-order valence-corrected chi connectivity index (χ0v) is 14.0. The molecule has 1 aromatic heterocycles. The third kappa shape index (κ3) is 3.90. The Kier molecular flexibility index (Phi) is 5.76. The van der Waals surface area contributed by atoms with Gasteiger partial charge in [-0.25, -0.2) is 4.79 Å². The molecule has 124 valence electrons. The number of para-hydroxylation sites is 1. The minimum absolute atomic E-state index is 0.326. The van der Waals surface area contributed by atoms with Crippen LogP contribution in [0.4, 0.5) is 5.69 Å². The molecule has 23 heavy (non-hydrogen) atoms. The molecule has 0 saturated heterocycles. The lowest BCUT2D eigenvalue weighted by Gasteiger charge is -2.16. The number of carbonyl (C=O) groups is 1. The van der Waals surface area contributed by atoms with E-state index < -0.39 is 0 Å². The van der Waals surface area contributed by atoms with Crippen LogP contribution in [0.5, 0.6) is 5.75 Å². The van der Waals surface area contributed by atoms with Crippen molar-refractivity contribution in [3.05, 3.63) is 30.0 Å². The Balaban J connectivity index is 2.50. The number of fused-ring (bicyclic) bond motifs is 1. The van der Waals surface area contributed by atoms with Crippen LogP contribution in [-0.4, -0.2) is 56.8 Å². The van der Waals surface area contributed by atoms with Crippen LogP contribution in [0.25, 0.3) is 10.9 Å². The fourth-order valence-electron chi connectivity index (χ4n) is 2.32. The molecule has 0 aliphatic heterocycles. The van der Waals surface area contributed by atoms with Gasteiger partial charge in [0.1, 0.15) is 16.8 Å². The summed E-state index contributed by atoms with van der Waals surface area (Å²) in [5, 5.41) is 4.18. The molecule has 1 aromatic carbocycles. The summed E-state index contributed by atoms with van der Waals surface area (Å²) in [6, 6.07) is 5.66. The van der Waals surface area contributed by atoms with E-state index in [-0.39, 0.29) is 5.97 Å². The first-order chi connectivity index (χ1) is 11.1. The Morgan fingerprint density at radius 3 is 2.78 bits per heavy atom. The van der Waals surface area contributed by atoms with Gasteiger partial charge >= 0.3 is 5.97 Å². The highest BCUT2D eigenvalue weighted by Crippen LogP contribution is 2.31. The van der Waals surface area contributed by atoms with Gasteiger partial charge < -0.3 is 19.7 Å². The number of pyridine rings is 1. The maximum atomic E-state index is 12.2. The third-order valence-electron chi connectivity index (χ3n) is 3.44. The molecule has 2 aromatic rings. The molecule has 1 heterocycles. The van der Waals surface area contributed by atoms with Crippen molar-refractivity contribution in [2.24, 2.45) is 0 Å². The minimum atomic E-state index is -0.378. The van der Waals surface area contributed by atoms with Crippen LogP contribution < -0.4 is 10.1 Å². The Labute approximate surface area is 136 Å². The van der Waals surface area contributed by atoms with Crippen LogP contribution >= 0.6 is 0 Å². The molecule has 6 heteroatoms. The molecule has 0 bridgehead atoms. The first-order valence-corrected chi connectivity index (χ1v) is 7.60. The molecular formula is C17H23N3O3. The smallest absolute Gasteiger partial charge is 0.341 e. The number of methoxy groups -OCH3 is 1. The van der Waals surface area contributed by atoms with E-state index in [1.165, 1.54) is 0 Å². The molecule has 1 N–H and O–H groups in total. The van der Waals surface area contributed by atoms with Crippen molar-refractivity contribution in [2.45, 2.75) is 6.92 Å². The molecule has 6 nitrogen and oxygen atoms in total. The van der Waals surface area contributed by atoms with E-state index in [4.69, 9.17) is 9.47 Å². The third-order valence-corrected chi connectivity index (χ3v) is 3.44. The quantitative estimate of drug-likeness (QED) is 0.791. The minimum Gasteiger partial charge on any atom is -0.494 e. The number of aromatic nitrogens is 1. The van der Waals surface area contributed by atoms with Crippen molar-refractivity contribution in [3.8, 4) is 5.75 Å². The summed E-state index contributed by atoms with van der Waals surface area (Å²) in [6.07, 6.45) is 1.54. The van der Waals surface area contributed by atoms with Crippen molar-refractivity contribution in [3.63, 3.8) is 0 Å². The Bertz CT molecular complexity index is 686. The van der Waals surface area contributed by atoms with Gasteiger partial charge in [-0.1, -0.05) is 12.1 Å². The molecule has 0 atom stereocenters. The maximum Gasteiger partial charge on any atom is 0.341 e. The second-order valence-corrected chi connectivity index (χ2v) is 5.35. The highest BCUT2D eigenvalue weighted by Gasteiger charge is 2.18. The van der Waals surface area contributed by atoms with E-state index in [1.54, 1.807) is 20.2 Å². The zero-order chi connectivity index (χ0) is 16.8. The average Bonchev–Trinajstić information content (AvgIpc) is 2.54. The van der Waals surface area contributed by atoms with Crippen molar-refractivity contribution >= 4 is 22.6 Å². The summed E-state index contributed by atoms with van der Waals surface area (Å²) < 4.78 is 10.5. The molecule has 2 rings (SSSR count). The fourth-order valence-corrected chi connectivity index (χ4v) is 2.32. The summed E-state index contributed by atoms with van der Waals surface area (Å²) in [5.41, 5.74) is 1.89. The number of likely N-dealkylation sites (N-methyl/N-ethyl adjacent to an activating group) is 1. The highest BCUT2D eigenvalue weighted by molar-refractivity contribution is 6.06. The largest absolute Gasteiger partial charge is 0.494 e. The van der Waals surface area contributed by atoms with Crippen LogP contribution in [-0.2, 0) is 4.74 Å². The molecule has 0 aliphatic carbocycles. The van der Waals surface area contributed by atoms with E-state index in [0.717, 1.165) is 23.1 Å². The van der Waals surface area contributed by atoms with Gasteiger partial charge in [0, 0.05) is 24.7 Å². The Morgan fingerprint density at radius 2 is 2.13 bits per heavy atom. The molecule has 0 fully saturated rings. The fraction of sp³-hybridized carbons (Fsp3) is 0.412. The van der Waals surface area contributed by atoms with Gasteiger partial charge in [-0.3, -0.25) is 4.98 Å². The maximum absolute atomic E-state index is 12.2. The van der Waals surface area contributed by atoms with Gasteiger partial charge in [0.2, 0.25) is 0 Å². The summed E-state index contributed by atoms with van der Waals surface area (Å²) in [4.78, 5) is 18.7. The van der Waals surface area contributed by atoms with Crippen molar-refractivity contribution < 1.29 is 14.3 Å². The average molecular weight is 317 g/mol. The number of anilines is 1. The topological polar surface area (TPSA) is 63.7 Å². The second kappa shape index (κ2) is 7.78. The van der Waals surface area contributed by atoms with Gasteiger partial charge in [0.05, 0.1) is 19.4 Å². The van der Waals surface area contributed by atoms with Crippen molar-refractivity contribution in [1.29, 1.82) is 0 Å². The lowest BCUT2D eigenvalue weighted by molar-refractivity contribution is 0.0527. The van der Waals surface area contributed by atoms with Gasteiger partial charge in [0.25, 0.3) is 0 Å². The van der Waals surface area contributed by atoms with Crippen LogP contribution in [0, 0.1) is 0 Å². The molecule has 0 radical (unpaired) electrons. The SMILES string of the molecule is CCOC(=O)c1cnc2c(OC)cccc2c1NCCN(C)C. The van der Waals surface area contributed by atoms with Crippen LogP contribution in [0.1, 0.15) is 17.3 Å². The molecule has 0 aliphatic rings. The van der Waals surface area contributed by atoms with Gasteiger partial charge in [0.15, 0.2) is 0 Å². The van der Waals surface area contributed by atoms with E-state index in [0.29, 0.717) is 24.5 Å². The van der Waals surface area contributed by atoms with Crippen LogP contribution in [0.3, 0.4) is 0 Å². The molecular weight excluding hydrogens is 294 g/mol. The lowest BCUT2D eigenvalue weighted by Crippen LogP contribution is -2.22. The first-order valence-electron chi connectivity index (χ1n) is 7.60. The number of benzene rings is 1. The summed E-state index contributed by atoms with van der Waals surface area (Å²) in [5.74, 6) is 0.297. The van der Waals surface area contributed by atoms with E-state index in [9.17, 15) is 4.79 Å². The molecule has 0 saturated carbocycles. The van der Waals surface area contributed by atoms with E-state index >= 15 is 0 Å². The van der Waals surface area contributed by atoms with Crippen molar-refractivity contribution in [2.75, 3.05) is 46.2 Å². The Hall–Kier alpha value is -2.34. The number of hydrogen-bond acceptors (Lipinski definition) is 6. The number of nitrogens with one attached hydrogen (secondary N) is 1. The van der Waals surface area contributed by atoms with E-state index in [1.807, 2.05) is 32.3 Å². The van der Waals surface area contributed by atoms with Crippen LogP contribution in [0.2, 0.25) is 0 Å². The molecule has 0 unspecified atom stereocenters. The summed E-state index contributed by atoms with van der Waals surface area (Å²) >= 11 is 0. The molecule has 0 amide bonds. The van der Waals surface area contributed by atoms with Gasteiger partial charge in [-0.05, 0) is 27.1 Å². The number of hydrogen-bond donors (Lipinski definition) is 1. The zero-order valence-electron chi connectivity index (χ0n) is 14.0. The second-order valence-electron chi connectivity index (χ2n) is 5.35. The van der Waals surface area contributed by atoms with Crippen molar-refractivity contribution in [1.82, 2.24) is 9.88 Å². The van der Waals surface area contributed by atoms with Gasteiger partial charge in [-0.2, -0.15) is 0 Å². The number of ether oxygens (including phenoxy) is 2.